The molecule has 41 heavy (non-hydrogen) atoms. The third-order valence-corrected chi connectivity index (χ3v) is 9.93. The quantitative estimate of drug-likeness (QED) is 0.404. The monoisotopic (exact) mass is 599 g/mol. The molecule has 1 spiro atoms. The normalized spacial score (nSPS) is 17.4. The van der Waals surface area contributed by atoms with Gasteiger partial charge in [0, 0.05) is 41.0 Å². The SMILES string of the molecule is Cc1cc(S(=O)(=O)Nc2ccncc2)ccc1/C=C/S(=O)(=O)N1CCC2(CC1)N=C(c1cccc(OF)c1)NC2=O. The first-order valence-corrected chi connectivity index (χ1v) is 15.5. The maximum atomic E-state index is 13.1. The summed E-state index contributed by atoms with van der Waals surface area (Å²) in [6.07, 6.45) is 4.70. The molecular weight excluding hydrogens is 573 g/mol. The van der Waals surface area contributed by atoms with Crippen LogP contribution in [0.3, 0.4) is 0 Å². The molecule has 2 N–H and O–H groups in total. The lowest BCUT2D eigenvalue weighted by atomic mass is 9.89. The highest BCUT2D eigenvalue weighted by molar-refractivity contribution is 7.92. The Hall–Kier alpha value is -4.14. The van der Waals surface area contributed by atoms with Crippen molar-refractivity contribution in [2.45, 2.75) is 30.2 Å². The van der Waals surface area contributed by atoms with Gasteiger partial charge in [0.2, 0.25) is 10.0 Å². The van der Waals surface area contributed by atoms with E-state index in [4.69, 9.17) is 0 Å². The number of halogens is 1. The number of piperidine rings is 1. The molecule has 0 aliphatic carbocycles. The Bertz CT molecular complexity index is 1750. The van der Waals surface area contributed by atoms with Crippen molar-refractivity contribution in [3.8, 4) is 5.75 Å². The van der Waals surface area contributed by atoms with Crippen molar-refractivity contribution in [1.29, 1.82) is 0 Å². The topological polar surface area (TPSA) is 147 Å². The number of hydrogen-bond donors (Lipinski definition) is 2. The van der Waals surface area contributed by atoms with Crippen molar-refractivity contribution in [2.75, 3.05) is 17.8 Å². The number of benzene rings is 2. The number of carbonyl (C=O) groups is 1. The molecule has 5 rings (SSSR count). The van der Waals surface area contributed by atoms with Crippen molar-refractivity contribution in [3.05, 3.63) is 89.1 Å². The molecule has 2 aliphatic heterocycles. The van der Waals surface area contributed by atoms with Gasteiger partial charge in [-0.15, -0.1) is 0 Å². The minimum Gasteiger partial charge on any atom is -0.308 e. The van der Waals surface area contributed by atoms with Crippen molar-refractivity contribution < 1.29 is 31.1 Å². The molecule has 1 saturated heterocycles. The van der Waals surface area contributed by atoms with Crippen LogP contribution < -0.4 is 15.0 Å². The van der Waals surface area contributed by atoms with E-state index in [-0.39, 0.29) is 48.3 Å². The van der Waals surface area contributed by atoms with E-state index < -0.39 is 25.6 Å². The molecule has 0 radical (unpaired) electrons. The van der Waals surface area contributed by atoms with Crippen LogP contribution in [0.15, 0.2) is 82.3 Å². The van der Waals surface area contributed by atoms with Gasteiger partial charge < -0.3 is 5.32 Å². The molecule has 14 heteroatoms. The third kappa shape index (κ3) is 5.99. The van der Waals surface area contributed by atoms with Gasteiger partial charge in [0.1, 0.15) is 11.4 Å². The molecule has 0 saturated carbocycles. The average Bonchev–Trinajstić information content (AvgIpc) is 3.28. The highest BCUT2D eigenvalue weighted by Gasteiger charge is 2.47. The number of nitrogens with one attached hydrogen (secondary N) is 2. The number of amidine groups is 1. The highest BCUT2D eigenvalue weighted by atomic mass is 32.2. The van der Waals surface area contributed by atoms with Crippen LogP contribution in [0.5, 0.6) is 5.75 Å². The van der Waals surface area contributed by atoms with Crippen LogP contribution in [0.4, 0.5) is 10.2 Å². The third-order valence-electron chi connectivity index (χ3n) is 6.99. The Morgan fingerprint density at radius 1 is 1.05 bits per heavy atom. The van der Waals surface area contributed by atoms with Gasteiger partial charge in [-0.1, -0.05) is 18.2 Å². The predicted molar refractivity (Wildman–Crippen MR) is 151 cm³/mol. The van der Waals surface area contributed by atoms with Crippen molar-refractivity contribution in [2.24, 2.45) is 4.99 Å². The molecule has 1 fully saturated rings. The van der Waals surface area contributed by atoms with Gasteiger partial charge in [-0.05, 0) is 73.4 Å². The van der Waals surface area contributed by atoms with Gasteiger partial charge in [-0.2, -0.15) is 4.31 Å². The zero-order valence-electron chi connectivity index (χ0n) is 21.8. The van der Waals surface area contributed by atoms with E-state index in [1.165, 1.54) is 65.2 Å². The van der Waals surface area contributed by atoms with Gasteiger partial charge in [0.25, 0.3) is 15.9 Å². The van der Waals surface area contributed by atoms with E-state index in [2.05, 4.69) is 25.0 Å². The Kier molecular flexibility index (Phi) is 7.64. The smallest absolute Gasteiger partial charge is 0.261 e. The van der Waals surface area contributed by atoms with Crippen molar-refractivity contribution in [3.63, 3.8) is 0 Å². The van der Waals surface area contributed by atoms with Crippen LogP contribution in [0.2, 0.25) is 0 Å². The molecule has 2 aromatic carbocycles. The van der Waals surface area contributed by atoms with Crippen LogP contribution in [-0.2, 0) is 24.8 Å². The van der Waals surface area contributed by atoms with E-state index in [0.29, 0.717) is 22.4 Å². The Labute approximate surface area is 236 Å². The minimum absolute atomic E-state index is 0.0266. The summed E-state index contributed by atoms with van der Waals surface area (Å²) < 4.78 is 68.0. The molecule has 11 nitrogen and oxygen atoms in total. The number of anilines is 1. The lowest BCUT2D eigenvalue weighted by molar-refractivity contribution is -0.124. The Morgan fingerprint density at radius 2 is 1.78 bits per heavy atom. The Balaban J connectivity index is 1.26. The number of nitrogens with zero attached hydrogens (tertiary/aromatic N) is 3. The molecule has 1 aromatic heterocycles. The van der Waals surface area contributed by atoms with E-state index in [1.807, 2.05) is 0 Å². The summed E-state index contributed by atoms with van der Waals surface area (Å²) in [6, 6.07) is 13.5. The molecular formula is C27H26FN5O6S2. The van der Waals surface area contributed by atoms with Crippen LogP contribution in [-0.4, -0.2) is 56.5 Å². The summed E-state index contributed by atoms with van der Waals surface area (Å²) in [5, 5.41) is 3.79. The predicted octanol–water partition coefficient (Wildman–Crippen LogP) is 3.17. The fourth-order valence-electron chi connectivity index (χ4n) is 4.68. The fraction of sp³-hybridized carbons (Fsp3) is 0.222. The molecule has 214 valence electrons. The van der Waals surface area contributed by atoms with Crippen molar-refractivity contribution in [1.82, 2.24) is 14.6 Å². The second-order valence-electron chi connectivity index (χ2n) is 9.66. The Morgan fingerprint density at radius 3 is 2.46 bits per heavy atom. The highest BCUT2D eigenvalue weighted by Crippen LogP contribution is 2.33. The van der Waals surface area contributed by atoms with E-state index in [1.54, 1.807) is 19.1 Å². The first-order valence-electron chi connectivity index (χ1n) is 12.5. The number of pyridine rings is 1. The average molecular weight is 600 g/mol. The first kappa shape index (κ1) is 28.4. The zero-order chi connectivity index (χ0) is 29.3. The van der Waals surface area contributed by atoms with E-state index in [9.17, 15) is 26.2 Å². The van der Waals surface area contributed by atoms with Crippen molar-refractivity contribution >= 4 is 43.6 Å². The molecule has 3 heterocycles. The number of carbonyl (C=O) groups excluding carboxylic acids is 1. The number of rotatable bonds is 8. The van der Waals surface area contributed by atoms with Gasteiger partial charge in [0.05, 0.1) is 10.6 Å². The summed E-state index contributed by atoms with van der Waals surface area (Å²) in [6.45, 7) is 1.83. The number of aromatic nitrogens is 1. The van der Waals surface area contributed by atoms with E-state index >= 15 is 0 Å². The number of aryl methyl sites for hydroxylation is 1. The molecule has 2 aliphatic rings. The number of amides is 1. The molecule has 0 unspecified atom stereocenters. The summed E-state index contributed by atoms with van der Waals surface area (Å²) >= 11 is 0. The summed E-state index contributed by atoms with van der Waals surface area (Å²) in [5.74, 6) is -0.0843. The van der Waals surface area contributed by atoms with Crippen LogP contribution in [0.1, 0.15) is 29.5 Å². The standard InChI is InChI=1S/C27H26FN5O6S2/c1-19-17-24(41(37,38)32-22-7-12-29-13-8-22)6-5-20(19)9-16-40(35,36)33-14-10-27(11-15-33)26(34)30-25(31-27)21-3-2-4-23(18-21)39-28/h2-9,12-13,16-18H,10-11,14-15H2,1H3,(H,29,32)(H,30,31,34)/b16-9+. The minimum atomic E-state index is -3.85. The fourth-order valence-corrected chi connectivity index (χ4v) is 7.00. The van der Waals surface area contributed by atoms with Gasteiger partial charge in [0.15, 0.2) is 5.75 Å². The van der Waals surface area contributed by atoms with E-state index in [0.717, 1.165) is 5.41 Å². The second kappa shape index (κ2) is 11.0. The summed E-state index contributed by atoms with van der Waals surface area (Å²) in [7, 11) is -7.69. The van der Waals surface area contributed by atoms with Gasteiger partial charge in [-0.25, -0.2) is 16.8 Å². The largest absolute Gasteiger partial charge is 0.308 e. The van der Waals surface area contributed by atoms with Gasteiger partial charge in [-0.3, -0.25) is 24.4 Å². The zero-order valence-corrected chi connectivity index (χ0v) is 23.5. The number of sulfonamides is 2. The van der Waals surface area contributed by atoms with Crippen LogP contribution >= 0.6 is 0 Å². The number of aliphatic imine (C=N–C) groups is 1. The van der Waals surface area contributed by atoms with Gasteiger partial charge >= 0.3 is 0 Å². The summed E-state index contributed by atoms with van der Waals surface area (Å²) in [4.78, 5) is 25.0. The molecule has 0 atom stereocenters. The lowest BCUT2D eigenvalue weighted by Gasteiger charge is -2.34. The maximum absolute atomic E-state index is 13.1. The first-order chi connectivity index (χ1) is 19.5. The van der Waals surface area contributed by atoms with Crippen LogP contribution in [0, 0.1) is 6.92 Å². The summed E-state index contributed by atoms with van der Waals surface area (Å²) in [5.41, 5.74) is 0.839. The van der Waals surface area contributed by atoms with Crippen LogP contribution in [0.25, 0.3) is 6.08 Å². The molecule has 1 amide bonds. The number of hydrogen-bond acceptors (Lipinski definition) is 8. The molecule has 0 bridgehead atoms. The molecule has 3 aromatic rings. The second-order valence-corrected chi connectivity index (χ2v) is 13.2. The maximum Gasteiger partial charge on any atom is 0.261 e. The lowest BCUT2D eigenvalue weighted by Crippen LogP contribution is -2.50.